The van der Waals surface area contributed by atoms with Gasteiger partial charge in [-0.2, -0.15) is 0 Å². The van der Waals surface area contributed by atoms with Crippen molar-refractivity contribution >= 4 is 66.8 Å². The summed E-state index contributed by atoms with van der Waals surface area (Å²) in [6.07, 6.45) is 22.5. The molecule has 0 fully saturated rings. The number of fused-ring (bicyclic) bond motifs is 10. The highest BCUT2D eigenvalue weighted by Gasteiger charge is 2.26. The lowest BCUT2D eigenvalue weighted by Gasteiger charge is -2.30. The summed E-state index contributed by atoms with van der Waals surface area (Å²) >= 11 is 0. The number of anilines is 6. The summed E-state index contributed by atoms with van der Waals surface area (Å²) < 4.78 is 0. The quantitative estimate of drug-likeness (QED) is 0.150. The van der Waals surface area contributed by atoms with Crippen molar-refractivity contribution in [2.75, 3.05) is 9.80 Å². The summed E-state index contributed by atoms with van der Waals surface area (Å²) in [5, 5.41) is 5.16. The first kappa shape index (κ1) is 39.9. The van der Waals surface area contributed by atoms with E-state index in [9.17, 15) is 0 Å². The Morgan fingerprint density at radius 2 is 0.647 bits per heavy atom. The molecule has 0 aliphatic heterocycles. The van der Waals surface area contributed by atoms with Crippen molar-refractivity contribution in [3.63, 3.8) is 0 Å². The molecule has 0 heterocycles. The molecule has 9 aromatic rings. The van der Waals surface area contributed by atoms with Gasteiger partial charge in [-0.15, -0.1) is 0 Å². The van der Waals surface area contributed by atoms with Crippen LogP contribution in [0.2, 0.25) is 0 Å². The molecule has 322 valence electrons. The number of rotatable bonds is 8. The Hall–Kier alpha value is -8.46. The third-order valence-corrected chi connectivity index (χ3v) is 14.3. The lowest BCUT2D eigenvalue weighted by atomic mass is 9.81. The zero-order valence-corrected chi connectivity index (χ0v) is 37.8. The topological polar surface area (TPSA) is 6.48 Å². The average molecular weight is 869 g/mol. The van der Waals surface area contributed by atoms with E-state index in [0.717, 1.165) is 48.4 Å². The van der Waals surface area contributed by atoms with Crippen LogP contribution in [0.4, 0.5) is 34.1 Å². The van der Waals surface area contributed by atoms with E-state index in [2.05, 4.69) is 253 Å². The second-order valence-corrected chi connectivity index (χ2v) is 18.2. The van der Waals surface area contributed by atoms with Crippen molar-refractivity contribution in [1.82, 2.24) is 0 Å². The van der Waals surface area contributed by atoms with Gasteiger partial charge >= 0.3 is 0 Å². The molecule has 0 saturated carbocycles. The van der Waals surface area contributed by atoms with Crippen LogP contribution < -0.4 is 9.80 Å². The van der Waals surface area contributed by atoms with Crippen LogP contribution in [0.3, 0.4) is 0 Å². The number of hydrogen-bond donors (Lipinski definition) is 0. The summed E-state index contributed by atoms with van der Waals surface area (Å²) in [6.45, 7) is 0. The minimum Gasteiger partial charge on any atom is -0.310 e. The fraction of sp³-hybridized carbons (Fsp3) is 0.0606. The molecule has 4 aliphatic carbocycles. The highest BCUT2D eigenvalue weighted by molar-refractivity contribution is 6.07. The molecule has 0 N–H and O–H groups in total. The maximum Gasteiger partial charge on any atom is 0.0546 e. The number of allylic oxidation sites excluding steroid dienone is 12. The van der Waals surface area contributed by atoms with Crippen LogP contribution >= 0.6 is 0 Å². The van der Waals surface area contributed by atoms with E-state index < -0.39 is 0 Å². The van der Waals surface area contributed by atoms with Crippen molar-refractivity contribution in [3.8, 4) is 22.3 Å². The first-order valence-electron chi connectivity index (χ1n) is 24.0. The SMILES string of the molecule is C1=CC2=CCc3c(cc(N(c4ccccc4)c4ccc(-c5ccc(-c6ccc(N(c7ccccc7)c7cc8c(c9ccccc79)CC=C7C=CCC=C78)cc6)cc5)cc4)c4ccccc34)C2=CC1. The highest BCUT2D eigenvalue weighted by Crippen LogP contribution is 2.48. The molecule has 4 aliphatic rings. The monoisotopic (exact) mass is 868 g/mol. The van der Waals surface area contributed by atoms with Gasteiger partial charge in [0, 0.05) is 33.5 Å². The first-order chi connectivity index (χ1) is 33.7. The third kappa shape index (κ3) is 6.88. The Morgan fingerprint density at radius 1 is 0.309 bits per heavy atom. The van der Waals surface area contributed by atoms with Crippen LogP contribution in [0, 0.1) is 0 Å². The third-order valence-electron chi connectivity index (χ3n) is 14.3. The Balaban J connectivity index is 0.822. The predicted octanol–water partition coefficient (Wildman–Crippen LogP) is 17.9. The van der Waals surface area contributed by atoms with Crippen LogP contribution in [0.25, 0.3) is 54.9 Å². The molecule has 0 saturated heterocycles. The second-order valence-electron chi connectivity index (χ2n) is 18.2. The van der Waals surface area contributed by atoms with Crippen molar-refractivity contribution in [2.45, 2.75) is 25.7 Å². The zero-order valence-electron chi connectivity index (χ0n) is 37.8. The van der Waals surface area contributed by atoms with Gasteiger partial charge in [-0.25, -0.2) is 0 Å². The highest BCUT2D eigenvalue weighted by atomic mass is 15.1. The molecule has 68 heavy (non-hydrogen) atoms. The number of nitrogens with zero attached hydrogens (tertiary/aromatic N) is 2. The minimum atomic E-state index is 0.938. The van der Waals surface area contributed by atoms with Gasteiger partial charge in [0.05, 0.1) is 11.4 Å². The Labute approximate surface area is 398 Å². The molecule has 13 rings (SSSR count). The normalized spacial score (nSPS) is 14.5. The average Bonchev–Trinajstić information content (AvgIpc) is 3.42. The standard InChI is InChI=1S/C66H48N2/c1-3-17-51(18-4-1)67(65-43-63-55-21-9-7-15-49(55)35-41-59(63)57-23-11-13-25-61(57)65)53-37-31-47(32-38-53)45-27-29-46(30-28-45)48-33-39-54(40-34-48)68(52-19-5-2-6-20-52)66-44-64-56-22-10-8-16-50(56)36-42-60(64)58-24-12-14-26-62(58)66/h1-8,11-40,43-44H,9-10,41-42H2. The summed E-state index contributed by atoms with van der Waals surface area (Å²) in [5.41, 5.74) is 22.6. The lowest BCUT2D eigenvalue weighted by Crippen LogP contribution is -2.13. The molecular weight excluding hydrogens is 821 g/mol. The minimum absolute atomic E-state index is 0.938. The van der Waals surface area contributed by atoms with Gasteiger partial charge in [0.2, 0.25) is 0 Å². The van der Waals surface area contributed by atoms with E-state index in [1.54, 1.807) is 0 Å². The van der Waals surface area contributed by atoms with Gasteiger partial charge < -0.3 is 9.80 Å². The van der Waals surface area contributed by atoms with E-state index >= 15 is 0 Å². The largest absolute Gasteiger partial charge is 0.310 e. The molecule has 0 aromatic heterocycles. The molecule has 0 unspecified atom stereocenters. The summed E-state index contributed by atoms with van der Waals surface area (Å²) in [7, 11) is 0. The van der Waals surface area contributed by atoms with Crippen molar-refractivity contribution < 1.29 is 0 Å². The van der Waals surface area contributed by atoms with E-state index in [1.165, 1.54) is 99.7 Å². The molecule has 0 bridgehead atoms. The van der Waals surface area contributed by atoms with Gasteiger partial charge in [0.25, 0.3) is 0 Å². The second kappa shape index (κ2) is 16.8. The van der Waals surface area contributed by atoms with Crippen LogP contribution in [0.1, 0.15) is 35.1 Å². The van der Waals surface area contributed by atoms with Crippen molar-refractivity contribution in [1.29, 1.82) is 0 Å². The fourth-order valence-corrected chi connectivity index (χ4v) is 11.1. The summed E-state index contributed by atoms with van der Waals surface area (Å²) in [4.78, 5) is 4.87. The van der Waals surface area contributed by atoms with Crippen LogP contribution in [-0.2, 0) is 12.8 Å². The van der Waals surface area contributed by atoms with E-state index in [4.69, 9.17) is 0 Å². The van der Waals surface area contributed by atoms with E-state index in [0.29, 0.717) is 0 Å². The maximum absolute atomic E-state index is 2.44. The smallest absolute Gasteiger partial charge is 0.0546 e. The fourth-order valence-electron chi connectivity index (χ4n) is 11.1. The lowest BCUT2D eigenvalue weighted by molar-refractivity contribution is 1.20. The predicted molar refractivity (Wildman–Crippen MR) is 289 cm³/mol. The Kier molecular flexibility index (Phi) is 9.83. The van der Waals surface area contributed by atoms with Gasteiger partial charge in [0.1, 0.15) is 0 Å². The van der Waals surface area contributed by atoms with Crippen LogP contribution in [-0.4, -0.2) is 0 Å². The molecule has 0 spiro atoms. The van der Waals surface area contributed by atoms with Gasteiger partial charge in [-0.05, 0) is 164 Å². The zero-order chi connectivity index (χ0) is 45.0. The number of benzene rings is 9. The summed E-state index contributed by atoms with van der Waals surface area (Å²) in [5.74, 6) is 0. The van der Waals surface area contributed by atoms with Crippen molar-refractivity contribution in [2.24, 2.45) is 0 Å². The number of hydrogen-bond acceptors (Lipinski definition) is 2. The Bertz CT molecular complexity index is 3380. The van der Waals surface area contributed by atoms with E-state index in [1.807, 2.05) is 0 Å². The van der Waals surface area contributed by atoms with Crippen molar-refractivity contribution in [3.05, 3.63) is 276 Å². The van der Waals surface area contributed by atoms with Crippen LogP contribution in [0.5, 0.6) is 0 Å². The summed E-state index contributed by atoms with van der Waals surface area (Å²) in [6, 6.07) is 71.6. The molecular formula is C66H48N2. The van der Waals surface area contributed by atoms with E-state index in [-0.39, 0.29) is 0 Å². The van der Waals surface area contributed by atoms with Gasteiger partial charge in [-0.3, -0.25) is 0 Å². The van der Waals surface area contributed by atoms with Gasteiger partial charge in [-0.1, -0.05) is 182 Å². The first-order valence-corrected chi connectivity index (χ1v) is 24.0. The van der Waals surface area contributed by atoms with Crippen LogP contribution in [0.15, 0.2) is 254 Å². The molecule has 9 aromatic carbocycles. The molecule has 0 amide bonds. The van der Waals surface area contributed by atoms with Gasteiger partial charge in [0.15, 0.2) is 0 Å². The maximum atomic E-state index is 2.44. The molecule has 2 nitrogen and oxygen atoms in total. The molecule has 0 radical (unpaired) electrons. The number of para-hydroxylation sites is 2. The molecule has 2 heteroatoms. The Morgan fingerprint density at radius 3 is 1.04 bits per heavy atom. The molecule has 0 atom stereocenters.